The highest BCUT2D eigenvalue weighted by Gasteiger charge is 2.41. The maximum absolute atomic E-state index is 12.1. The molecular weight excluding hydrogens is 218 g/mol. The third-order valence-electron chi connectivity index (χ3n) is 2.94. The van der Waals surface area contributed by atoms with Gasteiger partial charge in [0.05, 0.1) is 6.61 Å². The summed E-state index contributed by atoms with van der Waals surface area (Å²) in [5.41, 5.74) is 0.0302. The van der Waals surface area contributed by atoms with Crippen molar-refractivity contribution in [1.82, 2.24) is 0 Å². The van der Waals surface area contributed by atoms with Gasteiger partial charge in [-0.3, -0.25) is 4.79 Å². The number of nitrogens with zero attached hydrogens (tertiary/aromatic N) is 1. The summed E-state index contributed by atoms with van der Waals surface area (Å²) in [6.07, 6.45) is 4.20. The van der Waals surface area contributed by atoms with Crippen LogP contribution in [0.2, 0.25) is 0 Å². The molecule has 0 saturated heterocycles. The van der Waals surface area contributed by atoms with Crippen molar-refractivity contribution in [3.63, 3.8) is 0 Å². The first-order valence-corrected chi connectivity index (χ1v) is 6.22. The van der Waals surface area contributed by atoms with Gasteiger partial charge in [0.1, 0.15) is 12.0 Å². The first-order chi connectivity index (χ1) is 8.08. The molecule has 0 aromatic carbocycles. The fourth-order valence-corrected chi connectivity index (χ4v) is 2.04. The normalized spacial score (nSPS) is 15.2. The molecule has 0 aliphatic rings. The van der Waals surface area contributed by atoms with Gasteiger partial charge in [-0.1, -0.05) is 37.1 Å². The van der Waals surface area contributed by atoms with E-state index in [9.17, 15) is 9.70 Å². The van der Waals surface area contributed by atoms with E-state index < -0.39 is 5.41 Å². The number of carbonyl (C=O) groups is 1. The molecule has 17 heavy (non-hydrogen) atoms. The van der Waals surface area contributed by atoms with Crippen LogP contribution in [0, 0.1) is 10.3 Å². The predicted octanol–water partition coefficient (Wildman–Crippen LogP) is 3.46. The Labute approximate surface area is 103 Å². The highest BCUT2D eigenvalue weighted by molar-refractivity contribution is 5.81. The molecule has 0 radical (unpaired) electrons. The number of nitroso groups, excluding NO2 is 1. The van der Waals surface area contributed by atoms with Crippen LogP contribution in [0.3, 0.4) is 0 Å². The van der Waals surface area contributed by atoms with Crippen LogP contribution in [0.15, 0.2) is 16.8 Å². The molecule has 98 valence electrons. The van der Waals surface area contributed by atoms with Crippen LogP contribution in [0.4, 0.5) is 0 Å². The summed E-state index contributed by atoms with van der Waals surface area (Å²) in [7, 11) is 0. The second kappa shape index (κ2) is 7.98. The number of hydrogen-bond donors (Lipinski definition) is 0. The second-order valence-corrected chi connectivity index (χ2v) is 4.14. The van der Waals surface area contributed by atoms with E-state index in [0.29, 0.717) is 13.0 Å². The van der Waals surface area contributed by atoms with Gasteiger partial charge in [-0.2, -0.15) is 4.91 Å². The van der Waals surface area contributed by atoms with E-state index in [2.05, 4.69) is 5.18 Å². The Hall–Kier alpha value is -1.19. The molecule has 0 aromatic heterocycles. The van der Waals surface area contributed by atoms with E-state index >= 15 is 0 Å². The fraction of sp³-hybridized carbons (Fsp3) is 0.769. The summed E-state index contributed by atoms with van der Waals surface area (Å²) >= 11 is 0. The van der Waals surface area contributed by atoms with Crippen molar-refractivity contribution in [2.75, 3.05) is 13.2 Å². The minimum atomic E-state index is -0.859. The smallest absolute Gasteiger partial charge is 0.318 e. The van der Waals surface area contributed by atoms with Crippen molar-refractivity contribution in [3.05, 3.63) is 16.6 Å². The quantitative estimate of drug-likeness (QED) is 0.371. The van der Waals surface area contributed by atoms with Crippen molar-refractivity contribution in [1.29, 1.82) is 0 Å². The largest absolute Gasteiger partial charge is 0.465 e. The minimum Gasteiger partial charge on any atom is -0.465 e. The number of hydrogen-bond acceptors (Lipinski definition) is 4. The first-order valence-electron chi connectivity index (χ1n) is 6.22. The molecule has 0 saturated carbocycles. The third-order valence-corrected chi connectivity index (χ3v) is 2.94. The molecule has 1 atom stereocenters. The Morgan fingerprint density at radius 2 is 2.00 bits per heavy atom. The zero-order valence-corrected chi connectivity index (χ0v) is 11.3. The van der Waals surface area contributed by atoms with E-state index in [1.807, 2.05) is 26.8 Å². The van der Waals surface area contributed by atoms with Gasteiger partial charge in [0.15, 0.2) is 0 Å². The number of allylic oxidation sites excluding steroid dienone is 1. The summed E-state index contributed by atoms with van der Waals surface area (Å²) in [6, 6.07) is 0. The van der Waals surface area contributed by atoms with Gasteiger partial charge in [-0.15, -0.1) is 0 Å². The van der Waals surface area contributed by atoms with Gasteiger partial charge < -0.3 is 4.74 Å². The van der Waals surface area contributed by atoms with E-state index in [1.165, 1.54) is 0 Å². The Bertz CT molecular complexity index is 286. The zero-order chi connectivity index (χ0) is 13.3. The van der Waals surface area contributed by atoms with Crippen molar-refractivity contribution in [2.45, 2.75) is 47.0 Å². The Morgan fingerprint density at radius 3 is 2.41 bits per heavy atom. The summed E-state index contributed by atoms with van der Waals surface area (Å²) in [6.45, 7) is 7.91. The molecule has 0 aliphatic carbocycles. The molecule has 0 aliphatic heterocycles. The highest BCUT2D eigenvalue weighted by Crippen LogP contribution is 2.35. The second-order valence-electron chi connectivity index (χ2n) is 4.14. The molecule has 0 amide bonds. The van der Waals surface area contributed by atoms with Crippen LogP contribution in [-0.2, 0) is 9.53 Å². The summed E-state index contributed by atoms with van der Waals surface area (Å²) in [4.78, 5) is 22.7. The minimum absolute atomic E-state index is 0.0397. The first kappa shape index (κ1) is 15.8. The molecular formula is C13H23NO3. The fourth-order valence-electron chi connectivity index (χ4n) is 2.04. The van der Waals surface area contributed by atoms with Gasteiger partial charge in [0, 0.05) is 0 Å². The van der Waals surface area contributed by atoms with Crippen molar-refractivity contribution in [2.24, 2.45) is 10.6 Å². The molecule has 0 heterocycles. The van der Waals surface area contributed by atoms with E-state index in [1.54, 1.807) is 6.92 Å². The van der Waals surface area contributed by atoms with Gasteiger partial charge in [-0.05, 0) is 26.7 Å². The molecule has 0 bridgehead atoms. The molecule has 0 aromatic rings. The highest BCUT2D eigenvalue weighted by atomic mass is 16.5. The lowest BCUT2D eigenvalue weighted by Crippen LogP contribution is -2.37. The molecule has 0 spiro atoms. The number of esters is 1. The SMILES string of the molecule is CC/C=C(\C)C(CCC)(CN=O)C(=O)OCC. The predicted molar refractivity (Wildman–Crippen MR) is 68.7 cm³/mol. The van der Waals surface area contributed by atoms with Gasteiger partial charge in [0.25, 0.3) is 0 Å². The van der Waals surface area contributed by atoms with E-state index in [4.69, 9.17) is 4.74 Å². The Morgan fingerprint density at radius 1 is 1.35 bits per heavy atom. The summed E-state index contributed by atoms with van der Waals surface area (Å²) in [5, 5.41) is 2.94. The monoisotopic (exact) mass is 241 g/mol. The third kappa shape index (κ3) is 3.95. The van der Waals surface area contributed by atoms with Crippen LogP contribution in [-0.4, -0.2) is 19.1 Å². The summed E-state index contributed by atoms with van der Waals surface area (Å²) < 4.78 is 5.10. The number of rotatable bonds is 8. The van der Waals surface area contributed by atoms with Gasteiger partial charge >= 0.3 is 5.97 Å². The van der Waals surface area contributed by atoms with Crippen LogP contribution >= 0.6 is 0 Å². The molecule has 4 nitrogen and oxygen atoms in total. The van der Waals surface area contributed by atoms with Crippen molar-refractivity contribution in [3.8, 4) is 0 Å². The lowest BCUT2D eigenvalue weighted by atomic mass is 9.76. The maximum atomic E-state index is 12.1. The average molecular weight is 241 g/mol. The van der Waals surface area contributed by atoms with Crippen LogP contribution in [0.25, 0.3) is 0 Å². The van der Waals surface area contributed by atoms with E-state index in [0.717, 1.165) is 18.4 Å². The molecule has 4 heteroatoms. The van der Waals surface area contributed by atoms with Crippen LogP contribution in [0.1, 0.15) is 47.0 Å². The van der Waals surface area contributed by atoms with E-state index in [-0.39, 0.29) is 12.5 Å². The number of carbonyl (C=O) groups excluding carboxylic acids is 1. The molecule has 0 N–H and O–H groups in total. The van der Waals surface area contributed by atoms with Crippen molar-refractivity contribution < 1.29 is 9.53 Å². The van der Waals surface area contributed by atoms with Gasteiger partial charge in [0.2, 0.25) is 0 Å². The maximum Gasteiger partial charge on any atom is 0.318 e. The standard InChI is InChI=1S/C13H23NO3/c1-5-8-11(4)13(9-6-2,10-14-16)12(15)17-7-3/h8H,5-7,9-10H2,1-4H3/b11-8+. The Kier molecular flexibility index (Phi) is 7.42. The topological polar surface area (TPSA) is 55.7 Å². The zero-order valence-electron chi connectivity index (χ0n) is 11.3. The molecule has 1 unspecified atom stereocenters. The van der Waals surface area contributed by atoms with Crippen molar-refractivity contribution >= 4 is 5.97 Å². The lowest BCUT2D eigenvalue weighted by molar-refractivity contribution is -0.153. The number of ether oxygens (including phenoxy) is 1. The molecule has 0 fully saturated rings. The van der Waals surface area contributed by atoms with Crippen LogP contribution in [0.5, 0.6) is 0 Å². The summed E-state index contributed by atoms with van der Waals surface area (Å²) in [5.74, 6) is -0.330. The average Bonchev–Trinajstić information content (AvgIpc) is 2.29. The lowest BCUT2D eigenvalue weighted by Gasteiger charge is -2.29. The van der Waals surface area contributed by atoms with Crippen LogP contribution < -0.4 is 0 Å². The molecule has 0 rings (SSSR count). The van der Waals surface area contributed by atoms with Gasteiger partial charge in [-0.25, -0.2) is 0 Å². The Balaban J connectivity index is 5.31.